The number of nitrogens with zero attached hydrogens (tertiary/aromatic N) is 4. The maximum Gasteiger partial charge on any atom is 0.415 e. The second kappa shape index (κ2) is 8.59. The molecule has 0 spiro atoms. The van der Waals surface area contributed by atoms with E-state index in [-0.39, 0.29) is 18.0 Å². The first-order valence-corrected chi connectivity index (χ1v) is 10.2. The van der Waals surface area contributed by atoms with Crippen molar-refractivity contribution >= 4 is 17.8 Å². The van der Waals surface area contributed by atoms with E-state index in [1.807, 2.05) is 29.2 Å². The van der Waals surface area contributed by atoms with Crippen LogP contribution in [0.15, 0.2) is 42.7 Å². The van der Waals surface area contributed by atoms with E-state index >= 15 is 0 Å². The number of aromatic nitrogens is 2. The third-order valence-corrected chi connectivity index (χ3v) is 5.79. The van der Waals surface area contributed by atoms with Crippen LogP contribution in [0.1, 0.15) is 31.0 Å². The highest BCUT2D eigenvalue weighted by Gasteiger charge is 2.35. The highest BCUT2D eigenvalue weighted by Crippen LogP contribution is 2.26. The molecule has 1 aromatic carbocycles. The second-order valence-electron chi connectivity index (χ2n) is 7.81. The number of carbonyl (C=O) groups excluding carboxylic acids is 2. The third kappa shape index (κ3) is 4.55. The molecular weight excluding hydrogens is 368 g/mol. The van der Waals surface area contributed by atoms with E-state index in [4.69, 9.17) is 4.74 Å². The molecule has 0 saturated carbocycles. The molecule has 0 aliphatic carbocycles. The Morgan fingerprint density at radius 3 is 2.62 bits per heavy atom. The Bertz CT molecular complexity index is 865. The SMILES string of the molecule is CC(=O)N1CCC(Cc2cc(N3C(=O)OCC3Cc3ccccc3)ncn2)CC1. The average Bonchev–Trinajstić information content (AvgIpc) is 3.09. The molecule has 0 N–H and O–H groups in total. The van der Waals surface area contributed by atoms with Crippen molar-refractivity contribution in [2.75, 3.05) is 24.6 Å². The molecule has 2 saturated heterocycles. The van der Waals surface area contributed by atoms with Crippen LogP contribution in [0.2, 0.25) is 0 Å². The van der Waals surface area contributed by atoms with Crippen LogP contribution in [0.5, 0.6) is 0 Å². The molecule has 3 heterocycles. The van der Waals surface area contributed by atoms with Crippen molar-refractivity contribution in [3.05, 3.63) is 54.0 Å². The van der Waals surface area contributed by atoms with Crippen LogP contribution in [0.3, 0.4) is 0 Å². The van der Waals surface area contributed by atoms with Crippen LogP contribution in [-0.2, 0) is 22.4 Å². The topological polar surface area (TPSA) is 75.6 Å². The molecule has 2 amide bonds. The van der Waals surface area contributed by atoms with Gasteiger partial charge in [0.15, 0.2) is 0 Å². The van der Waals surface area contributed by atoms with E-state index in [0.29, 0.717) is 18.3 Å². The zero-order chi connectivity index (χ0) is 20.2. The summed E-state index contributed by atoms with van der Waals surface area (Å²) in [6.45, 7) is 3.58. The van der Waals surface area contributed by atoms with E-state index in [1.165, 1.54) is 6.33 Å². The van der Waals surface area contributed by atoms with E-state index in [1.54, 1.807) is 11.8 Å². The summed E-state index contributed by atoms with van der Waals surface area (Å²) >= 11 is 0. The fourth-order valence-electron chi connectivity index (χ4n) is 4.15. The van der Waals surface area contributed by atoms with Gasteiger partial charge in [-0.25, -0.2) is 14.8 Å². The van der Waals surface area contributed by atoms with Crippen LogP contribution in [0, 0.1) is 5.92 Å². The van der Waals surface area contributed by atoms with Gasteiger partial charge in [-0.3, -0.25) is 9.69 Å². The standard InChI is InChI=1S/C22H26N4O3/c1-16(27)25-9-7-18(8-10-25)11-19-13-21(24-15-23-19)26-20(14-29-22(26)28)12-17-5-3-2-4-6-17/h2-6,13,15,18,20H,7-12,14H2,1H3. The molecule has 4 rings (SSSR count). The number of hydrogen-bond acceptors (Lipinski definition) is 5. The van der Waals surface area contributed by atoms with Crippen molar-refractivity contribution in [1.29, 1.82) is 0 Å². The second-order valence-corrected chi connectivity index (χ2v) is 7.81. The zero-order valence-corrected chi connectivity index (χ0v) is 16.7. The van der Waals surface area contributed by atoms with E-state index in [2.05, 4.69) is 22.1 Å². The molecule has 2 aliphatic rings. The van der Waals surface area contributed by atoms with Crippen molar-refractivity contribution < 1.29 is 14.3 Å². The largest absolute Gasteiger partial charge is 0.447 e. The molecule has 0 radical (unpaired) electrons. The van der Waals surface area contributed by atoms with Crippen LogP contribution in [0.25, 0.3) is 0 Å². The minimum Gasteiger partial charge on any atom is -0.447 e. The first-order valence-electron chi connectivity index (χ1n) is 10.2. The van der Waals surface area contributed by atoms with Gasteiger partial charge in [0, 0.05) is 31.8 Å². The number of rotatable bonds is 5. The number of likely N-dealkylation sites (tertiary alicyclic amines) is 1. The summed E-state index contributed by atoms with van der Waals surface area (Å²) in [5.74, 6) is 1.23. The van der Waals surface area contributed by atoms with Crippen molar-refractivity contribution in [1.82, 2.24) is 14.9 Å². The lowest BCUT2D eigenvalue weighted by atomic mass is 9.92. The molecule has 7 nitrogen and oxygen atoms in total. The van der Waals surface area contributed by atoms with Gasteiger partial charge in [0.2, 0.25) is 5.91 Å². The highest BCUT2D eigenvalue weighted by molar-refractivity contribution is 5.89. The Kier molecular flexibility index (Phi) is 5.74. The lowest BCUT2D eigenvalue weighted by molar-refractivity contribution is -0.130. The van der Waals surface area contributed by atoms with Gasteiger partial charge >= 0.3 is 6.09 Å². The Balaban J connectivity index is 1.44. The summed E-state index contributed by atoms with van der Waals surface area (Å²) in [7, 11) is 0. The summed E-state index contributed by atoms with van der Waals surface area (Å²) in [5, 5.41) is 0. The maximum atomic E-state index is 12.4. The van der Waals surface area contributed by atoms with Crippen molar-refractivity contribution in [3.63, 3.8) is 0 Å². The quantitative estimate of drug-likeness (QED) is 0.779. The van der Waals surface area contributed by atoms with Crippen LogP contribution >= 0.6 is 0 Å². The summed E-state index contributed by atoms with van der Waals surface area (Å²) in [5.41, 5.74) is 2.08. The predicted molar refractivity (Wildman–Crippen MR) is 108 cm³/mol. The van der Waals surface area contributed by atoms with Crippen molar-refractivity contribution in [2.24, 2.45) is 5.92 Å². The Morgan fingerprint density at radius 1 is 1.14 bits per heavy atom. The summed E-state index contributed by atoms with van der Waals surface area (Å²) < 4.78 is 5.32. The maximum absolute atomic E-state index is 12.4. The first kappa shape index (κ1) is 19.4. The molecule has 1 aromatic heterocycles. The molecule has 2 aromatic rings. The van der Waals surface area contributed by atoms with Crippen molar-refractivity contribution in [2.45, 2.75) is 38.6 Å². The van der Waals surface area contributed by atoms with E-state index in [0.717, 1.165) is 50.0 Å². The van der Waals surface area contributed by atoms with Crippen LogP contribution in [0.4, 0.5) is 10.6 Å². The summed E-state index contributed by atoms with van der Waals surface area (Å²) in [6.07, 6.45) is 4.66. The summed E-state index contributed by atoms with van der Waals surface area (Å²) in [4.78, 5) is 36.2. The molecule has 2 fully saturated rings. The Hall–Kier alpha value is -2.96. The fraction of sp³-hybridized carbons (Fsp3) is 0.455. The lowest BCUT2D eigenvalue weighted by Crippen LogP contribution is -2.37. The molecule has 7 heteroatoms. The average molecular weight is 394 g/mol. The number of carbonyl (C=O) groups is 2. The van der Waals surface area contributed by atoms with Gasteiger partial charge in [-0.2, -0.15) is 0 Å². The van der Waals surface area contributed by atoms with E-state index < -0.39 is 0 Å². The molecule has 0 bridgehead atoms. The minimum atomic E-state index is -0.356. The number of anilines is 1. The predicted octanol–water partition coefficient (Wildman–Crippen LogP) is 2.85. The molecule has 1 unspecified atom stereocenters. The zero-order valence-electron chi connectivity index (χ0n) is 16.7. The van der Waals surface area contributed by atoms with Gasteiger partial charge in [0.05, 0.1) is 6.04 Å². The van der Waals surface area contributed by atoms with Gasteiger partial charge in [-0.15, -0.1) is 0 Å². The molecule has 1 atom stereocenters. The molecular formula is C22H26N4O3. The monoisotopic (exact) mass is 394 g/mol. The van der Waals surface area contributed by atoms with Crippen LogP contribution in [-0.4, -0.2) is 52.6 Å². The van der Waals surface area contributed by atoms with E-state index in [9.17, 15) is 9.59 Å². The highest BCUT2D eigenvalue weighted by atomic mass is 16.6. The number of piperidine rings is 1. The minimum absolute atomic E-state index is 0.0774. The molecule has 29 heavy (non-hydrogen) atoms. The van der Waals surface area contributed by atoms with Gasteiger partial charge in [0.1, 0.15) is 18.8 Å². The summed E-state index contributed by atoms with van der Waals surface area (Å²) in [6, 6.07) is 11.9. The van der Waals surface area contributed by atoms with Gasteiger partial charge < -0.3 is 9.64 Å². The Morgan fingerprint density at radius 2 is 1.90 bits per heavy atom. The third-order valence-electron chi connectivity index (χ3n) is 5.79. The molecule has 2 aliphatic heterocycles. The lowest BCUT2D eigenvalue weighted by Gasteiger charge is -2.31. The van der Waals surface area contributed by atoms with Crippen molar-refractivity contribution in [3.8, 4) is 0 Å². The number of amides is 2. The van der Waals surface area contributed by atoms with Gasteiger partial charge in [0.25, 0.3) is 0 Å². The number of hydrogen-bond donors (Lipinski definition) is 0. The van der Waals surface area contributed by atoms with Crippen LogP contribution < -0.4 is 4.90 Å². The normalized spacial score (nSPS) is 20.0. The van der Waals surface area contributed by atoms with Gasteiger partial charge in [-0.1, -0.05) is 30.3 Å². The first-order chi connectivity index (χ1) is 14.1. The number of cyclic esters (lactones) is 1. The smallest absolute Gasteiger partial charge is 0.415 e. The van der Waals surface area contributed by atoms with Gasteiger partial charge in [-0.05, 0) is 37.2 Å². The number of benzene rings is 1. The fourth-order valence-corrected chi connectivity index (χ4v) is 4.15. The Labute approximate surface area is 170 Å². The number of ether oxygens (including phenoxy) is 1. The molecule has 152 valence electrons.